The van der Waals surface area contributed by atoms with E-state index in [1.165, 1.54) is 34.5 Å². The standard InChI is InChI=1S/C96H119ClFN17O26S2.C2HF3O2/c1-63(2)87(108-80(116)27-39-130-42-36-114-81(117)24-25-82(114)118)91(122)107-75(13-10-29-101-95(99)125)90(121)106-70-21-18-67(68(55-70)59-137-60-72-57-113(111-109-72)35-44-139-96(126)110-143(127,128)104-31-41-132-46-48-134-50-52-136-54-53-135-51-49-133-47-45-131-40-28-83(119)120)58-115(4)37-32-112(33-38-115)34-43-138-78-23-22-73(64(3)86(78)97)84-85-92(102-62-103-93(85)142-88(84)65-16-19-69(98)20-17-65)141-79(94(123)124)56-66-11-6-8-14-76(66)140-61-71-26-30-100-89(105-71)74-12-7-9-15-77(74)129-5;3-2(4,5)1(6)7/h6-9,11-12,14-26,30,55,57,62-63,75,79,87,104H,10,13,27-29,31-54,56,58-61H2,1-5H3,(H8-,99,101,106,107,108,110,116,119,120,121,122,123,124,125,126);(H,6,7)/t75-,79+,87-;/m0./s1. The van der Waals surface area contributed by atoms with Crippen LogP contribution in [0.15, 0.2) is 140 Å². The smallest absolute Gasteiger partial charge is 0.430 e. The van der Waals surface area contributed by atoms with Crippen LogP contribution in [-0.2, 0) is 131 Å². The van der Waals surface area contributed by atoms with Crippen molar-refractivity contribution in [3.8, 4) is 56.1 Å². The van der Waals surface area contributed by atoms with E-state index in [2.05, 4.69) is 63.2 Å². The predicted octanol–water partition coefficient (Wildman–Crippen LogP) is 6.67. The van der Waals surface area contributed by atoms with E-state index in [0.717, 1.165) is 22.6 Å². The van der Waals surface area contributed by atoms with Gasteiger partial charge in [0.15, 0.2) is 5.82 Å². The van der Waals surface area contributed by atoms with Gasteiger partial charge in [-0.3, -0.25) is 38.6 Å². The number of nitrogens with two attached hydrogens (primary N) is 1. The number of anilines is 1. The van der Waals surface area contributed by atoms with E-state index in [1.807, 2.05) is 43.3 Å². The van der Waals surface area contributed by atoms with Gasteiger partial charge in [0, 0.05) is 85.6 Å². The Bertz CT molecular complexity index is 6130. The number of nitrogens with one attached hydrogen (secondary N) is 6. The zero-order valence-electron chi connectivity index (χ0n) is 82.9. The van der Waals surface area contributed by atoms with Crippen LogP contribution in [0.4, 0.5) is 32.8 Å². The first-order valence-corrected chi connectivity index (χ1v) is 50.2. The Kier molecular flexibility index (Phi) is 47.5. The van der Waals surface area contributed by atoms with Gasteiger partial charge < -0.3 is 113 Å². The molecule has 11 rings (SSSR count). The van der Waals surface area contributed by atoms with E-state index in [9.17, 15) is 74.2 Å². The Morgan fingerprint density at radius 3 is 1.97 bits per heavy atom. The van der Waals surface area contributed by atoms with Crippen LogP contribution in [0.2, 0.25) is 5.02 Å². The largest absolute Gasteiger partial charge is 0.542 e. The first-order valence-electron chi connectivity index (χ1n) is 47.6. The molecule has 0 aliphatic carbocycles. The maximum absolute atomic E-state index is 14.7. The fraction of sp³-hybridized carbons (Fsp3) is 0.449. The van der Waals surface area contributed by atoms with Gasteiger partial charge in [-0.15, -0.1) is 16.4 Å². The van der Waals surface area contributed by atoms with E-state index in [-0.39, 0.29) is 150 Å². The summed E-state index contributed by atoms with van der Waals surface area (Å²) in [4.78, 5) is 146. The number of piperazine rings is 1. The highest BCUT2D eigenvalue weighted by atomic mass is 35.5. The monoisotopic (exact) mass is 2160 g/mol. The second-order valence-electron chi connectivity index (χ2n) is 34.2. The molecule has 1 saturated heterocycles. The molecule has 45 nitrogen and oxygen atoms in total. The number of aromatic nitrogens is 7. The molecule has 1 fully saturated rings. The molecule has 2 aliphatic heterocycles. The van der Waals surface area contributed by atoms with Crippen LogP contribution in [0.1, 0.15) is 73.2 Å². The van der Waals surface area contributed by atoms with Crippen molar-refractivity contribution in [2.75, 3.05) is 178 Å². The van der Waals surface area contributed by atoms with Crippen molar-refractivity contribution >= 4 is 109 Å². The number of methoxy groups -OCH3 is 1. The van der Waals surface area contributed by atoms with Gasteiger partial charge in [-0.25, -0.2) is 48.1 Å². The molecular weight excluding hydrogens is 2040 g/mol. The summed E-state index contributed by atoms with van der Waals surface area (Å²) in [6, 6.07) is 28.0. The lowest BCUT2D eigenvalue weighted by atomic mass is 9.96. The van der Waals surface area contributed by atoms with Crippen molar-refractivity contribution in [3.63, 3.8) is 0 Å². The summed E-state index contributed by atoms with van der Waals surface area (Å²) in [7, 11) is -0.629. The minimum absolute atomic E-state index is 0.0146. The molecule has 8 amide bonds. The molecule has 10 N–H and O–H groups in total. The van der Waals surface area contributed by atoms with Gasteiger partial charge in [-0.05, 0) is 108 Å². The number of fused-ring (bicyclic) bond motifs is 1. The normalized spacial score (nSPS) is 13.6. The van der Waals surface area contributed by atoms with Crippen molar-refractivity contribution in [3.05, 3.63) is 185 Å². The maximum Gasteiger partial charge on any atom is 0.430 e. The number of imide groups is 1. The summed E-state index contributed by atoms with van der Waals surface area (Å²) in [5, 5.41) is 48.4. The topological polar surface area (TPSA) is 575 Å². The molecule has 5 aromatic carbocycles. The number of primary amides is 1. The third-order valence-corrected chi connectivity index (χ3v) is 25.4. The number of carboxylic acids is 3. The number of para-hydroxylation sites is 2. The second-order valence-corrected chi connectivity index (χ2v) is 37.1. The Morgan fingerprint density at radius 1 is 0.667 bits per heavy atom. The van der Waals surface area contributed by atoms with Crippen LogP contribution >= 0.6 is 22.9 Å². The lowest BCUT2D eigenvalue weighted by molar-refractivity contribution is -0.926. The first-order chi connectivity index (χ1) is 71.9. The van der Waals surface area contributed by atoms with Gasteiger partial charge in [0.1, 0.15) is 84.3 Å². The molecule has 4 aromatic heterocycles. The number of amides is 8. The van der Waals surface area contributed by atoms with Crippen LogP contribution in [0.5, 0.6) is 23.1 Å². The number of thiophene rings is 1. The first kappa shape index (κ1) is 118. The van der Waals surface area contributed by atoms with E-state index < -0.39 is 106 Å². The summed E-state index contributed by atoms with van der Waals surface area (Å²) in [6.45, 7) is 11.6. The highest BCUT2D eigenvalue weighted by Crippen LogP contribution is 2.50. The highest BCUT2D eigenvalue weighted by molar-refractivity contribution is 7.88. The molecule has 0 bridgehead atoms. The third-order valence-electron chi connectivity index (χ3n) is 22.8. The molecule has 52 heteroatoms. The lowest BCUT2D eigenvalue weighted by Crippen LogP contribution is -2.57. The molecule has 0 radical (unpaired) electrons. The zero-order chi connectivity index (χ0) is 108. The molecule has 0 saturated carbocycles. The Hall–Kier alpha value is -13.7. The number of quaternary nitrogens is 1. The summed E-state index contributed by atoms with van der Waals surface area (Å²) in [5.74, 6) is -7.07. The molecule has 3 atom stereocenters. The van der Waals surface area contributed by atoms with Crippen molar-refractivity contribution in [2.45, 2.75) is 110 Å². The van der Waals surface area contributed by atoms with Crippen LogP contribution in [0.25, 0.3) is 43.2 Å². The van der Waals surface area contributed by atoms with E-state index in [4.69, 9.17) is 98.9 Å². The van der Waals surface area contributed by atoms with Crippen LogP contribution < -0.4 is 60.5 Å². The molecule has 2 aliphatic rings. The molecule has 6 heterocycles. The predicted molar refractivity (Wildman–Crippen MR) is 530 cm³/mol. The van der Waals surface area contributed by atoms with E-state index in [0.29, 0.717) is 183 Å². The number of rotatable bonds is 64. The van der Waals surface area contributed by atoms with Gasteiger partial charge in [-0.2, -0.15) is 26.3 Å². The van der Waals surface area contributed by atoms with Gasteiger partial charge in [-0.1, -0.05) is 85.3 Å². The summed E-state index contributed by atoms with van der Waals surface area (Å²) >= 11 is 8.64. The van der Waals surface area contributed by atoms with Crippen molar-refractivity contribution in [1.29, 1.82) is 0 Å². The van der Waals surface area contributed by atoms with Crippen molar-refractivity contribution in [1.82, 2.24) is 70.1 Å². The van der Waals surface area contributed by atoms with Crippen LogP contribution in [-0.4, -0.2) is 324 Å². The van der Waals surface area contributed by atoms with Crippen LogP contribution in [0, 0.1) is 18.7 Å². The quantitative estimate of drug-likeness (QED) is 0.00831. The molecule has 0 spiro atoms. The van der Waals surface area contributed by atoms with Crippen LogP contribution in [0.3, 0.4) is 0 Å². The van der Waals surface area contributed by atoms with Crippen molar-refractivity contribution < 1.29 is 155 Å². The summed E-state index contributed by atoms with van der Waals surface area (Å²) in [5.41, 5.74) is 11.9. The molecular formula is C98H120ClF4N17O28S2. The molecule has 150 heavy (non-hydrogen) atoms. The minimum atomic E-state index is -5.19. The SMILES string of the molecule is COc1ccccc1-c1nccc(COc2ccccc2C[C@@H](Oc2ncnc3sc(-c4ccc(F)cc4)c(-c4ccc(OCCN5CC[N+](C)(Cc6ccc(NC(=O)[C@H](CCCNC(N)=O)NC(=O)[C@@H](NC(=O)CCOCCN7C(=O)C=CC7=O)C(C)C)cc6COCc6cn(CCOC(=O)NS(=O)(=O)NCCOCCOCCOCCOCCOCCOCCC(=O)O)nn6)CC5)c(Cl)c4C)c23)C(=O)O)n1.O=C([O-])C(F)(F)F. The number of carbonyl (C=O) groups is 10. The number of alkyl halides is 3. The summed E-state index contributed by atoms with van der Waals surface area (Å²) in [6.07, 6.45) is -1.31. The van der Waals surface area contributed by atoms with Gasteiger partial charge >= 0.3 is 40.4 Å². The fourth-order valence-corrected chi connectivity index (χ4v) is 17.1. The Labute approximate surface area is 869 Å². The number of halogens is 5. The molecule has 812 valence electrons. The van der Waals surface area contributed by atoms with Crippen molar-refractivity contribution in [2.24, 2.45) is 11.7 Å². The summed E-state index contributed by atoms with van der Waals surface area (Å²) < 4.78 is 152. The average molecular weight is 2160 g/mol. The number of carbonyl (C=O) groups excluding carboxylic acids is 8. The number of benzene rings is 5. The number of aliphatic carboxylic acids is 3. The number of ether oxygens (including phenoxy) is 13. The average Bonchev–Trinajstić information content (AvgIpc) is 1.59. The van der Waals surface area contributed by atoms with Gasteiger partial charge in [0.2, 0.25) is 29.7 Å². The fourth-order valence-electron chi connectivity index (χ4n) is 15.0. The number of hydrogen-bond donors (Lipinski definition) is 9. The van der Waals surface area contributed by atoms with E-state index >= 15 is 0 Å². The zero-order valence-corrected chi connectivity index (χ0v) is 85.3. The van der Waals surface area contributed by atoms with Gasteiger partial charge in [0.25, 0.3) is 11.8 Å². The Balaban J connectivity index is 0.00000317. The number of carboxylic acid groups (broad SMARTS) is 3. The minimum Gasteiger partial charge on any atom is -0.542 e. The van der Waals surface area contributed by atoms with Gasteiger partial charge in [0.05, 0.1) is 180 Å². The molecule has 9 aromatic rings. The highest BCUT2D eigenvalue weighted by Gasteiger charge is 2.35. The van der Waals surface area contributed by atoms with E-state index in [1.54, 1.807) is 98.7 Å². The maximum atomic E-state index is 14.7. The Morgan fingerprint density at radius 2 is 1.31 bits per heavy atom. The number of urea groups is 1. The lowest BCUT2D eigenvalue weighted by Gasteiger charge is -2.42. The third kappa shape index (κ3) is 39.0. The number of nitrogens with zero attached hydrogens (tertiary/aromatic N) is 10. The number of hydrogen-bond acceptors (Lipinski definition) is 34. The molecule has 0 unspecified atom stereocenters. The second kappa shape index (κ2) is 60.2. The number of likely N-dealkylation sites (N-methyl/N-ethyl adjacent to an activating group) is 1.